The van der Waals surface area contributed by atoms with Gasteiger partial charge in [-0.1, -0.05) is 39.3 Å². The van der Waals surface area contributed by atoms with Crippen molar-refractivity contribution in [3.63, 3.8) is 0 Å². The van der Waals surface area contributed by atoms with Gasteiger partial charge in [-0.05, 0) is 43.6 Å². The highest BCUT2D eigenvalue weighted by Crippen LogP contribution is 2.33. The van der Waals surface area contributed by atoms with Gasteiger partial charge in [-0.2, -0.15) is 0 Å². The molecule has 0 amide bonds. The Morgan fingerprint density at radius 3 is 2.60 bits per heavy atom. The van der Waals surface area contributed by atoms with Gasteiger partial charge >= 0.3 is 0 Å². The molecule has 0 spiro atoms. The molecule has 1 nitrogen and oxygen atoms in total. The lowest BCUT2D eigenvalue weighted by atomic mass is 9.78. The average Bonchev–Trinajstić information content (AvgIpc) is 2.18. The largest absolute Gasteiger partial charge is 0.316 e. The Balaban J connectivity index is 2.39. The van der Waals surface area contributed by atoms with E-state index in [1.807, 2.05) is 0 Å². The molecule has 0 aromatic rings. The first-order valence-corrected chi connectivity index (χ1v) is 6.42. The van der Waals surface area contributed by atoms with Crippen LogP contribution in [0.15, 0.2) is 11.6 Å². The lowest BCUT2D eigenvalue weighted by Gasteiger charge is -2.31. The molecule has 0 bridgehead atoms. The summed E-state index contributed by atoms with van der Waals surface area (Å²) < 4.78 is 0. The van der Waals surface area contributed by atoms with E-state index in [0.29, 0.717) is 5.41 Å². The highest BCUT2D eigenvalue weighted by Gasteiger charge is 2.23. The third-order valence-corrected chi connectivity index (χ3v) is 3.28. The summed E-state index contributed by atoms with van der Waals surface area (Å²) in [6.45, 7) is 11.5. The highest BCUT2D eigenvalue weighted by molar-refractivity contribution is 5.14. The Bertz CT molecular complexity index is 213. The first-order valence-electron chi connectivity index (χ1n) is 6.42. The summed E-state index contributed by atoms with van der Waals surface area (Å²) in [5, 5.41) is 3.58. The van der Waals surface area contributed by atoms with E-state index in [-0.39, 0.29) is 0 Å². The molecule has 0 saturated heterocycles. The quantitative estimate of drug-likeness (QED) is 0.680. The smallest absolute Gasteiger partial charge is 0.00400 e. The van der Waals surface area contributed by atoms with E-state index in [9.17, 15) is 0 Å². The summed E-state index contributed by atoms with van der Waals surface area (Å²) in [6, 6.07) is 0. The molecule has 0 aromatic carbocycles. The molecule has 0 heterocycles. The van der Waals surface area contributed by atoms with Crippen LogP contribution in [0.5, 0.6) is 0 Å². The van der Waals surface area contributed by atoms with Gasteiger partial charge in [-0.3, -0.25) is 0 Å². The maximum Gasteiger partial charge on any atom is 0.00400 e. The van der Waals surface area contributed by atoms with E-state index in [4.69, 9.17) is 0 Å². The fourth-order valence-electron chi connectivity index (χ4n) is 2.24. The molecule has 0 saturated carbocycles. The van der Waals surface area contributed by atoms with E-state index in [1.165, 1.54) is 25.7 Å². The summed E-state index contributed by atoms with van der Waals surface area (Å²) >= 11 is 0. The maximum absolute atomic E-state index is 3.58. The van der Waals surface area contributed by atoms with Gasteiger partial charge in [0.15, 0.2) is 0 Å². The molecule has 1 rings (SSSR count). The second kappa shape index (κ2) is 5.69. The molecule has 1 heteroatoms. The van der Waals surface area contributed by atoms with Crippen LogP contribution in [-0.2, 0) is 0 Å². The van der Waals surface area contributed by atoms with E-state index < -0.39 is 0 Å². The Morgan fingerprint density at radius 1 is 1.33 bits per heavy atom. The molecule has 0 radical (unpaired) electrons. The first kappa shape index (κ1) is 12.8. The van der Waals surface area contributed by atoms with Crippen LogP contribution in [0.2, 0.25) is 0 Å². The van der Waals surface area contributed by atoms with Gasteiger partial charge in [0, 0.05) is 6.54 Å². The van der Waals surface area contributed by atoms with Crippen molar-refractivity contribution in [2.75, 3.05) is 13.1 Å². The molecule has 1 aliphatic carbocycles. The molecule has 0 unspecified atom stereocenters. The van der Waals surface area contributed by atoms with E-state index in [0.717, 1.165) is 19.0 Å². The molecule has 15 heavy (non-hydrogen) atoms. The third kappa shape index (κ3) is 4.38. The van der Waals surface area contributed by atoms with Crippen LogP contribution < -0.4 is 5.32 Å². The van der Waals surface area contributed by atoms with Crippen molar-refractivity contribution in [2.24, 2.45) is 11.3 Å². The SMILES string of the molecule is CC(C)CNCC(C)(C)C1=CCCCC1. The number of hydrogen-bond donors (Lipinski definition) is 1. The number of hydrogen-bond acceptors (Lipinski definition) is 1. The zero-order valence-electron chi connectivity index (χ0n) is 10.9. The predicted octanol–water partition coefficient (Wildman–Crippen LogP) is 3.76. The van der Waals surface area contributed by atoms with Crippen LogP contribution in [0.4, 0.5) is 0 Å². The molecule has 1 N–H and O–H groups in total. The van der Waals surface area contributed by atoms with E-state index >= 15 is 0 Å². The third-order valence-electron chi connectivity index (χ3n) is 3.28. The minimum atomic E-state index is 0.356. The molecule has 88 valence electrons. The summed E-state index contributed by atoms with van der Waals surface area (Å²) in [5.41, 5.74) is 2.03. The standard InChI is InChI=1S/C14H27N/c1-12(2)10-15-11-14(3,4)13-8-6-5-7-9-13/h8,12,15H,5-7,9-11H2,1-4H3. The maximum atomic E-state index is 3.58. The molecule has 1 aliphatic rings. The van der Waals surface area contributed by atoms with Crippen molar-refractivity contribution in [3.05, 3.63) is 11.6 Å². The summed E-state index contributed by atoms with van der Waals surface area (Å²) in [5.74, 6) is 0.751. The number of nitrogens with one attached hydrogen (secondary N) is 1. The Hall–Kier alpha value is -0.300. The van der Waals surface area contributed by atoms with Crippen LogP contribution in [0.25, 0.3) is 0 Å². The van der Waals surface area contributed by atoms with E-state index in [1.54, 1.807) is 5.57 Å². The Kier molecular flexibility index (Phi) is 4.85. The zero-order chi connectivity index (χ0) is 11.3. The second-order valence-corrected chi connectivity index (χ2v) is 5.88. The van der Waals surface area contributed by atoms with Gasteiger partial charge < -0.3 is 5.32 Å². The van der Waals surface area contributed by atoms with Crippen LogP contribution in [-0.4, -0.2) is 13.1 Å². The monoisotopic (exact) mass is 209 g/mol. The van der Waals surface area contributed by atoms with Gasteiger partial charge in [0.2, 0.25) is 0 Å². The Morgan fingerprint density at radius 2 is 2.07 bits per heavy atom. The lowest BCUT2D eigenvalue weighted by Crippen LogP contribution is -2.33. The van der Waals surface area contributed by atoms with Crippen LogP contribution in [0.1, 0.15) is 53.4 Å². The summed E-state index contributed by atoms with van der Waals surface area (Å²) in [4.78, 5) is 0. The van der Waals surface area contributed by atoms with Crippen molar-refractivity contribution in [1.82, 2.24) is 5.32 Å². The van der Waals surface area contributed by atoms with Crippen LogP contribution in [0.3, 0.4) is 0 Å². The van der Waals surface area contributed by atoms with Crippen molar-refractivity contribution in [2.45, 2.75) is 53.4 Å². The molecule has 0 fully saturated rings. The molecule has 0 atom stereocenters. The summed E-state index contributed by atoms with van der Waals surface area (Å²) in [6.07, 6.45) is 7.86. The van der Waals surface area contributed by atoms with Gasteiger partial charge in [0.1, 0.15) is 0 Å². The number of rotatable bonds is 5. The second-order valence-electron chi connectivity index (χ2n) is 5.88. The predicted molar refractivity (Wildman–Crippen MR) is 68.0 cm³/mol. The van der Waals surface area contributed by atoms with Crippen molar-refractivity contribution in [3.8, 4) is 0 Å². The van der Waals surface area contributed by atoms with E-state index in [2.05, 4.69) is 39.1 Å². The minimum absolute atomic E-state index is 0.356. The lowest BCUT2D eigenvalue weighted by molar-refractivity contribution is 0.372. The summed E-state index contributed by atoms with van der Waals surface area (Å²) in [7, 11) is 0. The van der Waals surface area contributed by atoms with Gasteiger partial charge in [-0.15, -0.1) is 0 Å². The fraction of sp³-hybridized carbons (Fsp3) is 0.857. The molecular weight excluding hydrogens is 182 g/mol. The van der Waals surface area contributed by atoms with Gasteiger partial charge in [0.25, 0.3) is 0 Å². The molecule has 0 aromatic heterocycles. The van der Waals surface area contributed by atoms with Crippen molar-refractivity contribution in [1.29, 1.82) is 0 Å². The van der Waals surface area contributed by atoms with Crippen molar-refractivity contribution >= 4 is 0 Å². The topological polar surface area (TPSA) is 12.0 Å². The number of allylic oxidation sites excluding steroid dienone is 1. The van der Waals surface area contributed by atoms with Gasteiger partial charge in [0.05, 0.1) is 0 Å². The average molecular weight is 209 g/mol. The molecule has 0 aliphatic heterocycles. The highest BCUT2D eigenvalue weighted by atomic mass is 14.9. The fourth-order valence-corrected chi connectivity index (χ4v) is 2.24. The molecular formula is C14H27N. The van der Waals surface area contributed by atoms with Crippen LogP contribution in [0, 0.1) is 11.3 Å². The minimum Gasteiger partial charge on any atom is -0.316 e. The zero-order valence-corrected chi connectivity index (χ0v) is 10.9. The Labute approximate surface area is 95.3 Å². The van der Waals surface area contributed by atoms with Gasteiger partial charge in [-0.25, -0.2) is 0 Å². The normalized spacial score (nSPS) is 18.1. The first-order chi connectivity index (χ1) is 7.02. The van der Waals surface area contributed by atoms with Crippen LogP contribution >= 0.6 is 0 Å². The van der Waals surface area contributed by atoms with Crippen molar-refractivity contribution < 1.29 is 0 Å².